The molecule has 6 heteroatoms. The van der Waals surface area contributed by atoms with Crippen molar-refractivity contribution in [1.82, 2.24) is 9.55 Å². The van der Waals surface area contributed by atoms with Gasteiger partial charge in [0.05, 0.1) is 17.8 Å². The molecule has 0 saturated carbocycles. The second kappa shape index (κ2) is 9.51. The lowest BCUT2D eigenvalue weighted by Gasteiger charge is -2.09. The SMILES string of the molecule is CCn1cc(-c2ccc(Cl)cc2Cl)nc1C=Cc1cc(-c2ccc(O)cc2)ccc1OC. The van der Waals surface area contributed by atoms with Gasteiger partial charge >= 0.3 is 0 Å². The van der Waals surface area contributed by atoms with Crippen LogP contribution >= 0.6 is 23.2 Å². The van der Waals surface area contributed by atoms with Crippen molar-refractivity contribution < 1.29 is 9.84 Å². The third-order valence-corrected chi connectivity index (χ3v) is 5.75. The van der Waals surface area contributed by atoms with Gasteiger partial charge in [0.1, 0.15) is 17.3 Å². The van der Waals surface area contributed by atoms with E-state index in [1.54, 1.807) is 25.3 Å². The number of hydrogen-bond donors (Lipinski definition) is 1. The van der Waals surface area contributed by atoms with Crippen LogP contribution in [0.5, 0.6) is 11.5 Å². The number of ether oxygens (including phenoxy) is 1. The average molecular weight is 465 g/mol. The van der Waals surface area contributed by atoms with Crippen LogP contribution in [0.2, 0.25) is 10.0 Å². The summed E-state index contributed by atoms with van der Waals surface area (Å²) in [6, 6.07) is 18.5. The molecule has 0 bridgehead atoms. The maximum Gasteiger partial charge on any atom is 0.133 e. The van der Waals surface area contributed by atoms with Gasteiger partial charge in [-0.1, -0.05) is 41.4 Å². The van der Waals surface area contributed by atoms with E-state index in [1.807, 2.05) is 54.7 Å². The number of phenols is 1. The second-order valence-electron chi connectivity index (χ2n) is 7.23. The third-order valence-electron chi connectivity index (χ3n) is 5.20. The van der Waals surface area contributed by atoms with Crippen LogP contribution < -0.4 is 4.74 Å². The summed E-state index contributed by atoms with van der Waals surface area (Å²) < 4.78 is 7.62. The van der Waals surface area contributed by atoms with Gasteiger partial charge in [-0.15, -0.1) is 0 Å². The Balaban J connectivity index is 1.70. The molecule has 0 fully saturated rings. The summed E-state index contributed by atoms with van der Waals surface area (Å²) in [6.45, 7) is 2.83. The van der Waals surface area contributed by atoms with Gasteiger partial charge in [0.15, 0.2) is 0 Å². The van der Waals surface area contributed by atoms with E-state index in [1.165, 1.54) is 0 Å². The van der Waals surface area contributed by atoms with Gasteiger partial charge in [0, 0.05) is 28.9 Å². The zero-order chi connectivity index (χ0) is 22.7. The molecule has 0 atom stereocenters. The molecule has 32 heavy (non-hydrogen) atoms. The van der Waals surface area contributed by atoms with Crippen LogP contribution in [0.25, 0.3) is 34.5 Å². The molecule has 162 valence electrons. The number of aromatic nitrogens is 2. The first-order chi connectivity index (χ1) is 15.5. The van der Waals surface area contributed by atoms with Gasteiger partial charge in [0.25, 0.3) is 0 Å². The highest BCUT2D eigenvalue weighted by molar-refractivity contribution is 6.36. The average Bonchev–Trinajstić information content (AvgIpc) is 3.21. The summed E-state index contributed by atoms with van der Waals surface area (Å²) in [6.07, 6.45) is 5.94. The van der Waals surface area contributed by atoms with Crippen molar-refractivity contribution in [3.8, 4) is 33.9 Å². The topological polar surface area (TPSA) is 47.3 Å². The van der Waals surface area contributed by atoms with Crippen molar-refractivity contribution in [3.63, 3.8) is 0 Å². The van der Waals surface area contributed by atoms with Crippen LogP contribution in [0.1, 0.15) is 18.3 Å². The van der Waals surface area contributed by atoms with Crippen LogP contribution in [-0.4, -0.2) is 21.8 Å². The second-order valence-corrected chi connectivity index (χ2v) is 8.08. The van der Waals surface area contributed by atoms with E-state index < -0.39 is 0 Å². The van der Waals surface area contributed by atoms with Gasteiger partial charge in [-0.3, -0.25) is 0 Å². The first-order valence-electron chi connectivity index (χ1n) is 10.2. The number of rotatable bonds is 6. The van der Waals surface area contributed by atoms with E-state index in [2.05, 4.69) is 17.6 Å². The molecule has 1 heterocycles. The Morgan fingerprint density at radius 2 is 1.72 bits per heavy atom. The highest BCUT2D eigenvalue weighted by Gasteiger charge is 2.11. The minimum atomic E-state index is 0.241. The molecule has 4 rings (SSSR count). The maximum absolute atomic E-state index is 9.56. The number of imidazole rings is 1. The number of hydrogen-bond acceptors (Lipinski definition) is 3. The van der Waals surface area contributed by atoms with Crippen molar-refractivity contribution >= 4 is 35.4 Å². The molecule has 0 amide bonds. The van der Waals surface area contributed by atoms with Crippen molar-refractivity contribution in [3.05, 3.63) is 88.3 Å². The van der Waals surface area contributed by atoms with Crippen molar-refractivity contribution in [2.45, 2.75) is 13.5 Å². The Morgan fingerprint density at radius 1 is 0.969 bits per heavy atom. The predicted octanol–water partition coefficient (Wildman–Crippen LogP) is 7.43. The van der Waals surface area contributed by atoms with E-state index in [4.69, 9.17) is 32.9 Å². The van der Waals surface area contributed by atoms with Crippen molar-refractivity contribution in [2.75, 3.05) is 7.11 Å². The number of phenolic OH excluding ortho intramolecular Hbond substituents is 1. The standard InChI is InChI=1S/C26H22Cl2N2O2/c1-3-30-16-24(22-11-8-20(27)15-23(22)28)29-26(30)13-7-19-14-18(6-12-25(19)32-2)17-4-9-21(31)10-5-17/h4-16,31H,3H2,1-2H3. The molecular weight excluding hydrogens is 443 g/mol. The molecule has 0 aliphatic carbocycles. The summed E-state index contributed by atoms with van der Waals surface area (Å²) in [5.74, 6) is 1.82. The number of aromatic hydroxyl groups is 1. The molecule has 0 unspecified atom stereocenters. The Kier molecular flexibility index (Phi) is 6.54. The molecule has 4 aromatic rings. The number of benzene rings is 3. The zero-order valence-corrected chi connectivity index (χ0v) is 19.2. The Morgan fingerprint density at radius 3 is 2.41 bits per heavy atom. The van der Waals surface area contributed by atoms with Crippen LogP contribution in [0, 0.1) is 0 Å². The first kappa shape index (κ1) is 22.0. The van der Waals surface area contributed by atoms with E-state index in [-0.39, 0.29) is 5.75 Å². The molecule has 0 radical (unpaired) electrons. The number of halogens is 2. The molecular formula is C26H22Cl2N2O2. The summed E-state index contributed by atoms with van der Waals surface area (Å²) in [5, 5.41) is 10.7. The molecule has 0 saturated heterocycles. The summed E-state index contributed by atoms with van der Waals surface area (Å²) in [4.78, 5) is 4.78. The monoisotopic (exact) mass is 464 g/mol. The third kappa shape index (κ3) is 4.67. The number of aryl methyl sites for hydroxylation is 1. The Bertz CT molecular complexity index is 1280. The van der Waals surface area contributed by atoms with Gasteiger partial charge < -0.3 is 14.4 Å². The first-order valence-corrected chi connectivity index (χ1v) is 10.9. The summed E-state index contributed by atoms with van der Waals surface area (Å²) in [5.41, 5.74) is 4.59. The molecule has 0 aliphatic rings. The van der Waals surface area contributed by atoms with Crippen molar-refractivity contribution in [2.24, 2.45) is 0 Å². The smallest absolute Gasteiger partial charge is 0.133 e. The molecule has 4 nitrogen and oxygen atoms in total. The van der Waals surface area contributed by atoms with Gasteiger partial charge in [0.2, 0.25) is 0 Å². The molecule has 3 aromatic carbocycles. The number of nitrogens with zero attached hydrogens (tertiary/aromatic N) is 2. The largest absolute Gasteiger partial charge is 0.508 e. The molecule has 1 aromatic heterocycles. The molecule has 0 spiro atoms. The van der Waals surface area contributed by atoms with Gasteiger partial charge in [-0.05, 0) is 72.7 Å². The maximum atomic E-state index is 9.56. The minimum Gasteiger partial charge on any atom is -0.508 e. The summed E-state index contributed by atoms with van der Waals surface area (Å²) >= 11 is 12.4. The van der Waals surface area contributed by atoms with Crippen LogP contribution in [0.4, 0.5) is 0 Å². The van der Waals surface area contributed by atoms with Crippen LogP contribution in [0.3, 0.4) is 0 Å². The fourth-order valence-electron chi connectivity index (χ4n) is 3.51. The lowest BCUT2D eigenvalue weighted by Crippen LogP contribution is -1.95. The Labute approximate surface area is 197 Å². The van der Waals surface area contributed by atoms with E-state index in [0.29, 0.717) is 10.0 Å². The fraction of sp³-hybridized carbons (Fsp3) is 0.115. The van der Waals surface area contributed by atoms with E-state index in [0.717, 1.165) is 46.1 Å². The quantitative estimate of drug-likeness (QED) is 0.322. The lowest BCUT2D eigenvalue weighted by atomic mass is 10.0. The predicted molar refractivity (Wildman–Crippen MR) is 132 cm³/mol. The van der Waals surface area contributed by atoms with Crippen LogP contribution in [0.15, 0.2) is 66.9 Å². The normalized spacial score (nSPS) is 11.2. The highest BCUT2D eigenvalue weighted by atomic mass is 35.5. The lowest BCUT2D eigenvalue weighted by molar-refractivity contribution is 0.414. The number of methoxy groups -OCH3 is 1. The van der Waals surface area contributed by atoms with E-state index >= 15 is 0 Å². The highest BCUT2D eigenvalue weighted by Crippen LogP contribution is 2.31. The van der Waals surface area contributed by atoms with Crippen molar-refractivity contribution in [1.29, 1.82) is 0 Å². The fourth-order valence-corrected chi connectivity index (χ4v) is 4.01. The van der Waals surface area contributed by atoms with Gasteiger partial charge in [-0.25, -0.2) is 4.98 Å². The van der Waals surface area contributed by atoms with E-state index in [9.17, 15) is 5.11 Å². The van der Waals surface area contributed by atoms with Gasteiger partial charge in [-0.2, -0.15) is 0 Å². The summed E-state index contributed by atoms with van der Waals surface area (Å²) in [7, 11) is 1.65. The molecule has 1 N–H and O–H groups in total. The van der Waals surface area contributed by atoms with Crippen LogP contribution in [-0.2, 0) is 6.54 Å². The Hall–Kier alpha value is -3.21. The molecule has 0 aliphatic heterocycles. The minimum absolute atomic E-state index is 0.241. The zero-order valence-electron chi connectivity index (χ0n) is 17.7.